The predicted molar refractivity (Wildman–Crippen MR) is 111 cm³/mol. The van der Waals surface area contributed by atoms with Gasteiger partial charge in [0.05, 0.1) is 18.2 Å². The van der Waals surface area contributed by atoms with E-state index in [1.807, 2.05) is 19.2 Å². The molecule has 154 valence electrons. The molecule has 2 aliphatic rings. The summed E-state index contributed by atoms with van der Waals surface area (Å²) < 4.78 is 5.87. The molecule has 1 saturated carbocycles. The van der Waals surface area contributed by atoms with Crippen molar-refractivity contribution < 1.29 is 14.3 Å². The summed E-state index contributed by atoms with van der Waals surface area (Å²) in [6.45, 7) is 3.47. The quantitative estimate of drug-likeness (QED) is 0.781. The Labute approximate surface area is 168 Å². The van der Waals surface area contributed by atoms with Gasteiger partial charge < -0.3 is 19.9 Å². The van der Waals surface area contributed by atoms with E-state index in [2.05, 4.69) is 17.1 Å². The van der Waals surface area contributed by atoms with E-state index in [-0.39, 0.29) is 17.9 Å². The molecule has 28 heavy (non-hydrogen) atoms. The second-order valence-electron chi connectivity index (χ2n) is 8.54. The summed E-state index contributed by atoms with van der Waals surface area (Å²) in [5, 5.41) is 3.16. The maximum Gasteiger partial charge on any atom is 0.253 e. The Hall–Kier alpha value is -2.24. The molecule has 1 N–H and O–H groups in total. The molecule has 0 aromatic heterocycles. The largest absolute Gasteiger partial charge is 0.489 e. The van der Waals surface area contributed by atoms with Gasteiger partial charge in [-0.25, -0.2) is 0 Å². The zero-order chi connectivity index (χ0) is 20.3. The van der Waals surface area contributed by atoms with Crippen molar-refractivity contribution in [3.8, 4) is 5.75 Å². The molecule has 3 rings (SSSR count). The summed E-state index contributed by atoms with van der Waals surface area (Å²) in [5.74, 6) is 0.787. The van der Waals surface area contributed by atoms with Crippen LogP contribution >= 0.6 is 0 Å². The molecule has 1 aromatic rings. The summed E-state index contributed by atoms with van der Waals surface area (Å²) in [7, 11) is 5.44. The van der Waals surface area contributed by atoms with Crippen molar-refractivity contribution >= 4 is 17.5 Å². The number of nitrogens with one attached hydrogen (secondary N) is 1. The average Bonchev–Trinajstić information content (AvgIpc) is 2.65. The van der Waals surface area contributed by atoms with Crippen LogP contribution < -0.4 is 15.0 Å². The number of hydrogen-bond donors (Lipinski definition) is 1. The van der Waals surface area contributed by atoms with Crippen LogP contribution in [0.25, 0.3) is 0 Å². The summed E-state index contributed by atoms with van der Waals surface area (Å²) in [4.78, 5) is 28.5. The summed E-state index contributed by atoms with van der Waals surface area (Å²) in [6, 6.07) is 5.44. The third-order valence-electron chi connectivity index (χ3n) is 6.25. The molecule has 0 spiro atoms. The normalized spacial score (nSPS) is 19.9. The summed E-state index contributed by atoms with van der Waals surface area (Å²) in [6.07, 6.45) is 6.48. The van der Waals surface area contributed by atoms with Crippen molar-refractivity contribution in [2.75, 3.05) is 39.2 Å². The highest BCUT2D eigenvalue weighted by Gasteiger charge is 2.36. The maximum absolute atomic E-state index is 12.6. The molecule has 0 radical (unpaired) electrons. The Morgan fingerprint density at radius 1 is 1.32 bits per heavy atom. The number of nitrogens with zero attached hydrogens (tertiary/aromatic N) is 2. The van der Waals surface area contributed by atoms with Gasteiger partial charge in [0.25, 0.3) is 5.91 Å². The third kappa shape index (κ3) is 4.26. The first-order valence-electron chi connectivity index (χ1n) is 10.3. The lowest BCUT2D eigenvalue weighted by atomic mass is 9.66. The van der Waals surface area contributed by atoms with Crippen molar-refractivity contribution in [3.63, 3.8) is 0 Å². The SMILES string of the molecule is CCCC1(CNC(=O)CC2COc3ccc(C(=O)N(C)C)cc3N2C)CCC1. The molecule has 0 saturated heterocycles. The highest BCUT2D eigenvalue weighted by molar-refractivity contribution is 5.95. The highest BCUT2D eigenvalue weighted by atomic mass is 16.5. The van der Waals surface area contributed by atoms with Crippen LogP contribution in [0.3, 0.4) is 0 Å². The van der Waals surface area contributed by atoms with E-state index in [0.717, 1.165) is 18.0 Å². The summed E-state index contributed by atoms with van der Waals surface area (Å²) >= 11 is 0. The minimum atomic E-state index is -0.0437. The lowest BCUT2D eigenvalue weighted by Gasteiger charge is -2.42. The summed E-state index contributed by atoms with van der Waals surface area (Å²) in [5.41, 5.74) is 1.81. The number of carbonyl (C=O) groups excluding carboxylic acids is 2. The van der Waals surface area contributed by atoms with Crippen LogP contribution in [0.1, 0.15) is 55.8 Å². The number of hydrogen-bond acceptors (Lipinski definition) is 4. The van der Waals surface area contributed by atoms with Crippen LogP contribution in [-0.2, 0) is 4.79 Å². The van der Waals surface area contributed by atoms with E-state index >= 15 is 0 Å². The number of ether oxygens (including phenoxy) is 1. The Bertz CT molecular complexity index is 728. The van der Waals surface area contributed by atoms with Crippen molar-refractivity contribution in [2.45, 2.75) is 51.5 Å². The van der Waals surface area contributed by atoms with Crippen molar-refractivity contribution in [2.24, 2.45) is 5.41 Å². The van der Waals surface area contributed by atoms with Gasteiger partial charge in [0.1, 0.15) is 12.4 Å². The van der Waals surface area contributed by atoms with Crippen LogP contribution in [0, 0.1) is 5.41 Å². The Balaban J connectivity index is 1.61. The van der Waals surface area contributed by atoms with Crippen LogP contribution in [0.5, 0.6) is 5.75 Å². The van der Waals surface area contributed by atoms with Crippen molar-refractivity contribution in [1.82, 2.24) is 10.2 Å². The Morgan fingerprint density at radius 3 is 2.68 bits per heavy atom. The fourth-order valence-electron chi connectivity index (χ4n) is 4.29. The number of fused-ring (bicyclic) bond motifs is 1. The molecule has 6 nitrogen and oxygen atoms in total. The zero-order valence-electron chi connectivity index (χ0n) is 17.6. The molecule has 1 aromatic carbocycles. The first-order valence-corrected chi connectivity index (χ1v) is 10.3. The lowest BCUT2D eigenvalue weighted by molar-refractivity contribution is -0.122. The number of rotatable bonds is 7. The van der Waals surface area contributed by atoms with Gasteiger partial charge in [-0.1, -0.05) is 19.8 Å². The second-order valence-corrected chi connectivity index (χ2v) is 8.54. The van der Waals surface area contributed by atoms with Gasteiger partial charge in [0, 0.05) is 33.3 Å². The number of anilines is 1. The molecule has 1 heterocycles. The standard InChI is InChI=1S/C22H33N3O3/c1-5-9-22(10-6-11-22)15-23-20(26)13-17-14-28-19-8-7-16(21(27)24(2)3)12-18(19)25(17)4/h7-8,12,17H,5-6,9-11,13-15H2,1-4H3,(H,23,26). The van der Waals surface area contributed by atoms with Crippen LogP contribution in [-0.4, -0.2) is 57.1 Å². The smallest absolute Gasteiger partial charge is 0.253 e. The first-order chi connectivity index (χ1) is 13.3. The van der Waals surface area contributed by atoms with Crippen LogP contribution in [0.2, 0.25) is 0 Å². The van der Waals surface area contributed by atoms with E-state index < -0.39 is 0 Å². The molecule has 6 heteroatoms. The molecule has 1 atom stereocenters. The van der Waals surface area contributed by atoms with Gasteiger partial charge in [-0.05, 0) is 42.9 Å². The molecule has 1 aliphatic carbocycles. The number of carbonyl (C=O) groups is 2. The molecular weight excluding hydrogens is 354 g/mol. The molecule has 1 fully saturated rings. The van der Waals surface area contributed by atoms with E-state index in [4.69, 9.17) is 4.74 Å². The van der Waals surface area contributed by atoms with Gasteiger partial charge >= 0.3 is 0 Å². The molecule has 1 aliphatic heterocycles. The molecular formula is C22H33N3O3. The molecule has 2 amide bonds. The lowest BCUT2D eigenvalue weighted by Crippen LogP contribution is -2.46. The van der Waals surface area contributed by atoms with Gasteiger partial charge in [-0.2, -0.15) is 0 Å². The third-order valence-corrected chi connectivity index (χ3v) is 6.25. The average molecular weight is 388 g/mol. The van der Waals surface area contributed by atoms with Crippen LogP contribution in [0.4, 0.5) is 5.69 Å². The highest BCUT2D eigenvalue weighted by Crippen LogP contribution is 2.44. The van der Waals surface area contributed by atoms with Gasteiger partial charge in [-0.15, -0.1) is 0 Å². The number of amides is 2. The number of benzene rings is 1. The Kier molecular flexibility index (Phi) is 6.16. The van der Waals surface area contributed by atoms with E-state index in [9.17, 15) is 9.59 Å². The van der Waals surface area contributed by atoms with E-state index in [0.29, 0.717) is 24.0 Å². The minimum absolute atomic E-state index is 0.0410. The second kappa shape index (κ2) is 8.41. The fourth-order valence-corrected chi connectivity index (χ4v) is 4.29. The predicted octanol–water partition coefficient (Wildman–Crippen LogP) is 3.06. The number of likely N-dealkylation sites (N-methyl/N-ethyl adjacent to an activating group) is 1. The van der Waals surface area contributed by atoms with Crippen LogP contribution in [0.15, 0.2) is 18.2 Å². The minimum Gasteiger partial charge on any atom is -0.489 e. The topological polar surface area (TPSA) is 61.9 Å². The molecule has 1 unspecified atom stereocenters. The molecule has 0 bridgehead atoms. The van der Waals surface area contributed by atoms with Crippen molar-refractivity contribution in [1.29, 1.82) is 0 Å². The van der Waals surface area contributed by atoms with Gasteiger partial charge in [-0.3, -0.25) is 9.59 Å². The van der Waals surface area contributed by atoms with Gasteiger partial charge in [0.2, 0.25) is 5.91 Å². The zero-order valence-corrected chi connectivity index (χ0v) is 17.6. The monoisotopic (exact) mass is 387 g/mol. The van der Waals surface area contributed by atoms with E-state index in [1.165, 1.54) is 32.1 Å². The van der Waals surface area contributed by atoms with Crippen molar-refractivity contribution in [3.05, 3.63) is 23.8 Å². The van der Waals surface area contributed by atoms with E-state index in [1.54, 1.807) is 25.1 Å². The fraction of sp³-hybridized carbons (Fsp3) is 0.636. The first kappa shape index (κ1) is 20.5. The maximum atomic E-state index is 12.6. The Morgan fingerprint density at radius 2 is 2.07 bits per heavy atom. The van der Waals surface area contributed by atoms with Gasteiger partial charge in [0.15, 0.2) is 0 Å².